The van der Waals surface area contributed by atoms with E-state index in [2.05, 4.69) is 24.5 Å². The summed E-state index contributed by atoms with van der Waals surface area (Å²) in [7, 11) is 0. The van der Waals surface area contributed by atoms with Gasteiger partial charge in [-0.1, -0.05) is 70.9 Å². The van der Waals surface area contributed by atoms with Crippen LogP contribution in [0.15, 0.2) is 30.3 Å². The van der Waals surface area contributed by atoms with Gasteiger partial charge in [0.25, 0.3) is 0 Å². The number of amides is 2. The van der Waals surface area contributed by atoms with Crippen molar-refractivity contribution in [3.8, 4) is 0 Å². The molecular weight excluding hydrogens is 404 g/mol. The number of benzene rings is 1. The van der Waals surface area contributed by atoms with Crippen molar-refractivity contribution in [2.24, 2.45) is 11.8 Å². The van der Waals surface area contributed by atoms with Gasteiger partial charge in [0.05, 0.1) is 12.6 Å². The van der Waals surface area contributed by atoms with Crippen molar-refractivity contribution >= 4 is 17.6 Å². The molecule has 1 aromatic carbocycles. The highest BCUT2D eigenvalue weighted by Gasteiger charge is 2.50. The van der Waals surface area contributed by atoms with Gasteiger partial charge in [-0.3, -0.25) is 14.4 Å². The molecule has 32 heavy (non-hydrogen) atoms. The van der Waals surface area contributed by atoms with Gasteiger partial charge in [0, 0.05) is 12.8 Å². The number of ether oxygens (including phenoxy) is 1. The summed E-state index contributed by atoms with van der Waals surface area (Å²) in [5.74, 6) is 0.289. The van der Waals surface area contributed by atoms with Crippen LogP contribution in [0.25, 0.3) is 0 Å². The van der Waals surface area contributed by atoms with Crippen molar-refractivity contribution < 1.29 is 19.1 Å². The summed E-state index contributed by atoms with van der Waals surface area (Å²) in [6, 6.07) is 8.25. The smallest absolute Gasteiger partial charge is 0.243 e. The van der Waals surface area contributed by atoms with Crippen molar-refractivity contribution in [1.82, 2.24) is 10.6 Å². The van der Waals surface area contributed by atoms with Gasteiger partial charge in [-0.25, -0.2) is 0 Å². The Bertz CT molecular complexity index is 756. The number of unbranched alkanes of at least 4 members (excludes halogenated alkanes) is 1. The van der Waals surface area contributed by atoms with Crippen molar-refractivity contribution in [2.45, 2.75) is 90.8 Å². The first kappa shape index (κ1) is 26.0. The van der Waals surface area contributed by atoms with Crippen LogP contribution in [-0.4, -0.2) is 41.9 Å². The van der Waals surface area contributed by atoms with Crippen molar-refractivity contribution in [1.29, 1.82) is 0 Å². The molecule has 2 amide bonds. The first-order valence-corrected chi connectivity index (χ1v) is 11.9. The van der Waals surface area contributed by atoms with Gasteiger partial charge in [-0.05, 0) is 37.2 Å². The zero-order chi connectivity index (χ0) is 23.7. The van der Waals surface area contributed by atoms with Crippen LogP contribution in [0.3, 0.4) is 0 Å². The highest BCUT2D eigenvalue weighted by molar-refractivity contribution is 5.97. The number of hydrogen-bond donors (Lipinski definition) is 2. The number of carbonyl (C=O) groups excluding carboxylic acids is 3. The first-order valence-electron chi connectivity index (χ1n) is 11.9. The summed E-state index contributed by atoms with van der Waals surface area (Å²) < 4.78 is 5.32. The molecule has 1 aromatic rings. The molecular formula is C26H40N2O4. The molecule has 0 spiro atoms. The third kappa shape index (κ3) is 8.73. The highest BCUT2D eigenvalue weighted by Crippen LogP contribution is 2.29. The Morgan fingerprint density at radius 3 is 2.19 bits per heavy atom. The van der Waals surface area contributed by atoms with E-state index < -0.39 is 17.7 Å². The van der Waals surface area contributed by atoms with Gasteiger partial charge < -0.3 is 15.4 Å². The maximum atomic E-state index is 13.2. The number of rotatable bonds is 14. The summed E-state index contributed by atoms with van der Waals surface area (Å²) >= 11 is 0. The van der Waals surface area contributed by atoms with E-state index in [4.69, 9.17) is 4.74 Å². The van der Waals surface area contributed by atoms with Gasteiger partial charge in [0.15, 0.2) is 5.78 Å². The Hall–Kier alpha value is -2.21. The number of hydrogen-bond acceptors (Lipinski definition) is 4. The van der Waals surface area contributed by atoms with E-state index in [-0.39, 0.29) is 23.5 Å². The lowest BCUT2D eigenvalue weighted by Gasteiger charge is -2.25. The topological polar surface area (TPSA) is 87.8 Å². The Balaban J connectivity index is 2.06. The van der Waals surface area contributed by atoms with Gasteiger partial charge in [-0.15, -0.1) is 0 Å². The zero-order valence-electron chi connectivity index (χ0n) is 20.3. The molecule has 6 nitrogen and oxygen atoms in total. The lowest BCUT2D eigenvalue weighted by atomic mass is 9.93. The molecule has 3 atom stereocenters. The quantitative estimate of drug-likeness (QED) is 0.337. The van der Waals surface area contributed by atoms with Crippen LogP contribution in [0.5, 0.6) is 0 Å². The van der Waals surface area contributed by atoms with E-state index in [1.54, 1.807) is 6.92 Å². The molecule has 0 saturated carbocycles. The Kier molecular flexibility index (Phi) is 9.88. The summed E-state index contributed by atoms with van der Waals surface area (Å²) in [6.45, 7) is 10.5. The predicted octanol–water partition coefficient (Wildman–Crippen LogP) is 3.82. The fourth-order valence-electron chi connectivity index (χ4n) is 3.76. The van der Waals surface area contributed by atoms with E-state index in [1.165, 1.54) is 0 Å². The minimum Gasteiger partial charge on any atom is -0.361 e. The molecule has 1 aliphatic rings. The van der Waals surface area contributed by atoms with Crippen molar-refractivity contribution in [3.63, 3.8) is 0 Å². The molecule has 0 aliphatic carbocycles. The molecule has 2 N–H and O–H groups in total. The minimum atomic E-state index is -0.804. The van der Waals surface area contributed by atoms with Crippen LogP contribution in [-0.2, 0) is 25.5 Å². The van der Waals surface area contributed by atoms with Crippen molar-refractivity contribution in [3.05, 3.63) is 35.9 Å². The summed E-state index contributed by atoms with van der Waals surface area (Å²) in [6.07, 6.45) is 4.18. The Labute approximate surface area is 192 Å². The number of Topliss-reactive ketones (excluding diaryl/α,β-unsaturated/α-hetero) is 1. The number of carbonyl (C=O) groups is 3. The SMILES string of the molecule is CC(C)CCCCC(=O)NC(Cc1ccccc1)C(=O)N[C@@H](CC(C)C)C(=O)[C@@]1(C)CO1. The van der Waals surface area contributed by atoms with Gasteiger partial charge in [0.1, 0.15) is 11.6 Å². The Morgan fingerprint density at radius 2 is 1.62 bits per heavy atom. The maximum Gasteiger partial charge on any atom is 0.243 e. The molecule has 1 fully saturated rings. The first-order chi connectivity index (χ1) is 15.1. The van der Waals surface area contributed by atoms with Crippen LogP contribution in [0.2, 0.25) is 0 Å². The zero-order valence-corrected chi connectivity index (χ0v) is 20.3. The lowest BCUT2D eigenvalue weighted by Crippen LogP contribution is -2.54. The monoisotopic (exact) mass is 444 g/mol. The second kappa shape index (κ2) is 12.1. The van der Waals surface area contributed by atoms with E-state index in [9.17, 15) is 14.4 Å². The molecule has 2 rings (SSSR count). The fraction of sp³-hybridized carbons (Fsp3) is 0.654. The largest absolute Gasteiger partial charge is 0.361 e. The summed E-state index contributed by atoms with van der Waals surface area (Å²) in [5, 5.41) is 5.83. The van der Waals surface area contributed by atoms with E-state index >= 15 is 0 Å². The van der Waals surface area contributed by atoms with Crippen LogP contribution >= 0.6 is 0 Å². The van der Waals surface area contributed by atoms with Crippen molar-refractivity contribution in [2.75, 3.05) is 6.61 Å². The normalized spacial score (nSPS) is 19.5. The summed E-state index contributed by atoms with van der Waals surface area (Å²) in [5.41, 5.74) is 0.151. The van der Waals surface area contributed by atoms with Gasteiger partial charge in [-0.2, -0.15) is 0 Å². The lowest BCUT2D eigenvalue weighted by molar-refractivity contribution is -0.133. The molecule has 1 unspecified atom stereocenters. The number of epoxide rings is 1. The maximum absolute atomic E-state index is 13.2. The second-order valence-electron chi connectivity index (χ2n) is 10.0. The molecule has 178 valence electrons. The molecule has 1 heterocycles. The average molecular weight is 445 g/mol. The van der Waals surface area contributed by atoms with E-state index in [0.29, 0.717) is 31.8 Å². The van der Waals surface area contributed by atoms with Crippen LogP contribution < -0.4 is 10.6 Å². The second-order valence-corrected chi connectivity index (χ2v) is 10.0. The highest BCUT2D eigenvalue weighted by atomic mass is 16.6. The average Bonchev–Trinajstić information content (AvgIpc) is 3.48. The van der Waals surface area contributed by atoms with Gasteiger partial charge in [0.2, 0.25) is 11.8 Å². The molecule has 0 bridgehead atoms. The van der Waals surface area contributed by atoms with Gasteiger partial charge >= 0.3 is 0 Å². The molecule has 0 radical (unpaired) electrons. The number of nitrogens with one attached hydrogen (secondary N) is 2. The molecule has 6 heteroatoms. The summed E-state index contributed by atoms with van der Waals surface area (Å²) in [4.78, 5) is 38.7. The Morgan fingerprint density at radius 1 is 0.969 bits per heavy atom. The van der Waals surface area contributed by atoms with Crippen LogP contribution in [0.1, 0.15) is 72.3 Å². The third-order valence-corrected chi connectivity index (χ3v) is 5.81. The standard InChI is InChI=1S/C26H40N2O4/c1-18(2)11-9-10-14-23(29)27-22(16-20-12-7-6-8-13-20)25(31)28-21(15-19(3)4)24(30)26(5)17-32-26/h6-8,12-13,18-19,21-22H,9-11,14-17H2,1-5H3,(H,27,29)(H,28,31)/t21-,22?,26+/m0/s1. The molecule has 0 aromatic heterocycles. The third-order valence-electron chi connectivity index (χ3n) is 5.81. The molecule has 1 saturated heterocycles. The fourth-order valence-corrected chi connectivity index (χ4v) is 3.76. The predicted molar refractivity (Wildman–Crippen MR) is 126 cm³/mol. The number of ketones is 1. The van der Waals surface area contributed by atoms with E-state index in [1.807, 2.05) is 44.2 Å². The van der Waals surface area contributed by atoms with E-state index in [0.717, 1.165) is 24.8 Å². The van der Waals surface area contributed by atoms with Crippen LogP contribution in [0, 0.1) is 11.8 Å². The minimum absolute atomic E-state index is 0.0991. The molecule has 1 aliphatic heterocycles. The van der Waals surface area contributed by atoms with Crippen LogP contribution in [0.4, 0.5) is 0 Å².